The molecule has 1 amide bonds. The van der Waals surface area contributed by atoms with E-state index in [0.29, 0.717) is 18.9 Å². The van der Waals surface area contributed by atoms with Crippen LogP contribution in [0.2, 0.25) is 5.28 Å². The molecule has 0 aromatic carbocycles. The molecule has 1 fully saturated rings. The summed E-state index contributed by atoms with van der Waals surface area (Å²) in [6, 6.07) is 1.42. The first-order chi connectivity index (χ1) is 9.63. The number of aromatic nitrogens is 5. The standard InChI is InChI=1S/C11H12ClN7O/c1-18-6-3-7(8(18)20)14-10-15-9(12)16-11(17-10)19-5-2-4-13-19/h2,4-5,7H,3,6H2,1H3,(H,14,15,16,17). The van der Waals surface area contributed by atoms with Gasteiger partial charge in [0.2, 0.25) is 17.1 Å². The van der Waals surface area contributed by atoms with Gasteiger partial charge in [-0.15, -0.1) is 0 Å². The molecule has 3 heterocycles. The highest BCUT2D eigenvalue weighted by Gasteiger charge is 2.29. The maximum absolute atomic E-state index is 11.8. The Kier molecular flexibility index (Phi) is 3.23. The van der Waals surface area contributed by atoms with Gasteiger partial charge >= 0.3 is 0 Å². The van der Waals surface area contributed by atoms with E-state index in [9.17, 15) is 4.79 Å². The average molecular weight is 294 g/mol. The summed E-state index contributed by atoms with van der Waals surface area (Å²) in [5.74, 6) is 0.586. The van der Waals surface area contributed by atoms with Gasteiger partial charge in [-0.05, 0) is 24.1 Å². The van der Waals surface area contributed by atoms with Gasteiger partial charge in [0, 0.05) is 26.0 Å². The van der Waals surface area contributed by atoms with E-state index in [2.05, 4.69) is 25.4 Å². The number of nitrogens with zero attached hydrogens (tertiary/aromatic N) is 6. The highest BCUT2D eigenvalue weighted by atomic mass is 35.5. The zero-order valence-electron chi connectivity index (χ0n) is 10.7. The van der Waals surface area contributed by atoms with Crippen molar-refractivity contribution in [3.8, 4) is 5.95 Å². The number of amides is 1. The van der Waals surface area contributed by atoms with Gasteiger partial charge in [-0.2, -0.15) is 20.1 Å². The third kappa shape index (κ3) is 2.42. The quantitative estimate of drug-likeness (QED) is 0.878. The maximum Gasteiger partial charge on any atom is 0.256 e. The molecule has 0 bridgehead atoms. The molecular formula is C11H12ClN7O. The normalized spacial score (nSPS) is 18.6. The third-order valence-electron chi connectivity index (χ3n) is 3.04. The van der Waals surface area contributed by atoms with Gasteiger partial charge < -0.3 is 10.2 Å². The van der Waals surface area contributed by atoms with Crippen molar-refractivity contribution in [3.63, 3.8) is 0 Å². The fourth-order valence-corrected chi connectivity index (χ4v) is 2.16. The number of carbonyl (C=O) groups is 1. The van der Waals surface area contributed by atoms with Crippen LogP contribution < -0.4 is 5.32 Å². The van der Waals surface area contributed by atoms with Crippen LogP contribution >= 0.6 is 11.6 Å². The maximum atomic E-state index is 11.8. The molecule has 0 aliphatic carbocycles. The lowest BCUT2D eigenvalue weighted by Crippen LogP contribution is -2.31. The lowest BCUT2D eigenvalue weighted by Gasteiger charge is -2.12. The Morgan fingerprint density at radius 2 is 2.25 bits per heavy atom. The average Bonchev–Trinajstić information content (AvgIpc) is 3.04. The second-order valence-electron chi connectivity index (χ2n) is 4.42. The summed E-state index contributed by atoms with van der Waals surface area (Å²) >= 11 is 5.88. The highest BCUT2D eigenvalue weighted by molar-refractivity contribution is 6.28. The van der Waals surface area contributed by atoms with E-state index in [1.54, 1.807) is 30.4 Å². The Bertz CT molecular complexity index is 630. The molecule has 0 saturated carbocycles. The second kappa shape index (κ2) is 5.04. The summed E-state index contributed by atoms with van der Waals surface area (Å²) in [7, 11) is 1.76. The van der Waals surface area contributed by atoms with Gasteiger partial charge in [-0.25, -0.2) is 4.68 Å². The van der Waals surface area contributed by atoms with Crippen LogP contribution in [0, 0.1) is 0 Å². The summed E-state index contributed by atoms with van der Waals surface area (Å²) in [5.41, 5.74) is 0. The molecular weight excluding hydrogens is 282 g/mol. The predicted molar refractivity (Wildman–Crippen MR) is 71.6 cm³/mol. The van der Waals surface area contributed by atoms with Gasteiger partial charge in [0.1, 0.15) is 6.04 Å². The number of carbonyl (C=O) groups excluding carboxylic acids is 1. The Morgan fingerprint density at radius 1 is 1.40 bits per heavy atom. The Labute approximate surface area is 119 Å². The molecule has 20 heavy (non-hydrogen) atoms. The molecule has 1 atom stereocenters. The van der Waals surface area contributed by atoms with Crippen LogP contribution in [-0.2, 0) is 4.79 Å². The van der Waals surface area contributed by atoms with Crippen molar-refractivity contribution in [3.05, 3.63) is 23.7 Å². The molecule has 0 spiro atoms. The molecule has 1 saturated heterocycles. The Morgan fingerprint density at radius 3 is 2.90 bits per heavy atom. The summed E-state index contributed by atoms with van der Waals surface area (Å²) in [4.78, 5) is 25.7. The smallest absolute Gasteiger partial charge is 0.256 e. The predicted octanol–water partition coefficient (Wildman–Crippen LogP) is 0.353. The van der Waals surface area contributed by atoms with Gasteiger partial charge in [-0.1, -0.05) is 0 Å². The van der Waals surface area contributed by atoms with Gasteiger partial charge in [0.25, 0.3) is 5.95 Å². The Hall–Kier alpha value is -2.22. The fourth-order valence-electron chi connectivity index (χ4n) is 2.01. The molecule has 1 aliphatic rings. The van der Waals surface area contributed by atoms with E-state index in [1.165, 1.54) is 4.68 Å². The largest absolute Gasteiger partial charge is 0.344 e. The van der Waals surface area contributed by atoms with E-state index >= 15 is 0 Å². The molecule has 1 N–H and O–H groups in total. The van der Waals surface area contributed by atoms with Crippen molar-refractivity contribution in [1.82, 2.24) is 29.6 Å². The zero-order chi connectivity index (χ0) is 14.1. The molecule has 1 aliphatic heterocycles. The zero-order valence-corrected chi connectivity index (χ0v) is 11.4. The van der Waals surface area contributed by atoms with Crippen molar-refractivity contribution in [2.45, 2.75) is 12.5 Å². The van der Waals surface area contributed by atoms with Gasteiger partial charge in [-0.3, -0.25) is 4.79 Å². The summed E-state index contributed by atoms with van der Waals surface area (Å²) in [6.45, 7) is 0.710. The van der Waals surface area contributed by atoms with E-state index in [0.717, 1.165) is 0 Å². The SMILES string of the molecule is CN1CCC(Nc2nc(Cl)nc(-n3cccn3)n2)C1=O. The first-order valence-electron chi connectivity index (χ1n) is 6.06. The molecule has 2 aromatic heterocycles. The minimum absolute atomic E-state index is 0.0159. The first-order valence-corrected chi connectivity index (χ1v) is 6.44. The van der Waals surface area contributed by atoms with Crippen molar-refractivity contribution < 1.29 is 4.79 Å². The number of hydrogen-bond acceptors (Lipinski definition) is 6. The number of hydrogen-bond donors (Lipinski definition) is 1. The van der Waals surface area contributed by atoms with Crippen LogP contribution in [0.15, 0.2) is 18.5 Å². The van der Waals surface area contributed by atoms with Crippen molar-refractivity contribution in [2.75, 3.05) is 18.9 Å². The number of likely N-dealkylation sites (N-methyl/N-ethyl adjacent to an activating group) is 1. The number of nitrogens with one attached hydrogen (secondary N) is 1. The second-order valence-corrected chi connectivity index (χ2v) is 4.76. The number of rotatable bonds is 3. The van der Waals surface area contributed by atoms with Crippen molar-refractivity contribution >= 4 is 23.5 Å². The summed E-state index contributed by atoms with van der Waals surface area (Å²) < 4.78 is 1.47. The van der Waals surface area contributed by atoms with Crippen LogP contribution in [0.25, 0.3) is 5.95 Å². The van der Waals surface area contributed by atoms with E-state index < -0.39 is 0 Å². The number of anilines is 1. The number of likely N-dealkylation sites (tertiary alicyclic amines) is 1. The van der Waals surface area contributed by atoms with E-state index in [-0.39, 0.29) is 23.2 Å². The van der Waals surface area contributed by atoms with Crippen LogP contribution in [0.5, 0.6) is 0 Å². The minimum atomic E-state index is -0.330. The molecule has 3 rings (SSSR count). The molecule has 1 unspecified atom stereocenters. The highest BCUT2D eigenvalue weighted by Crippen LogP contribution is 2.15. The Balaban J connectivity index is 1.85. The molecule has 9 heteroatoms. The lowest BCUT2D eigenvalue weighted by molar-refractivity contribution is -0.127. The summed E-state index contributed by atoms with van der Waals surface area (Å²) in [5, 5.41) is 7.06. The van der Waals surface area contributed by atoms with E-state index in [1.807, 2.05) is 0 Å². The first kappa shape index (κ1) is 12.8. The number of halogens is 1. The van der Waals surface area contributed by atoms with Crippen LogP contribution in [-0.4, -0.2) is 55.2 Å². The minimum Gasteiger partial charge on any atom is -0.344 e. The summed E-state index contributed by atoms with van der Waals surface area (Å²) in [6.07, 6.45) is 4.01. The lowest BCUT2D eigenvalue weighted by atomic mass is 10.2. The monoisotopic (exact) mass is 293 g/mol. The molecule has 8 nitrogen and oxygen atoms in total. The third-order valence-corrected chi connectivity index (χ3v) is 3.21. The molecule has 2 aromatic rings. The van der Waals surface area contributed by atoms with Crippen molar-refractivity contribution in [2.24, 2.45) is 0 Å². The molecule has 0 radical (unpaired) electrons. The van der Waals surface area contributed by atoms with Gasteiger partial charge in [0.15, 0.2) is 0 Å². The molecule has 104 valence electrons. The van der Waals surface area contributed by atoms with Gasteiger partial charge in [0.05, 0.1) is 0 Å². The van der Waals surface area contributed by atoms with Crippen LogP contribution in [0.4, 0.5) is 5.95 Å². The fraction of sp³-hybridized carbons (Fsp3) is 0.364. The van der Waals surface area contributed by atoms with Crippen LogP contribution in [0.1, 0.15) is 6.42 Å². The topological polar surface area (TPSA) is 88.8 Å². The van der Waals surface area contributed by atoms with E-state index in [4.69, 9.17) is 11.6 Å². The van der Waals surface area contributed by atoms with Crippen molar-refractivity contribution in [1.29, 1.82) is 0 Å². The van der Waals surface area contributed by atoms with Crippen LogP contribution in [0.3, 0.4) is 0 Å².